The second-order valence-corrected chi connectivity index (χ2v) is 7.03. The lowest BCUT2D eigenvalue weighted by atomic mass is 10.1. The van der Waals surface area contributed by atoms with Crippen molar-refractivity contribution in [3.63, 3.8) is 0 Å². The van der Waals surface area contributed by atoms with Gasteiger partial charge in [0.15, 0.2) is 17.1 Å². The molecule has 4 aromatic rings. The van der Waals surface area contributed by atoms with E-state index in [1.54, 1.807) is 10.6 Å². The Morgan fingerprint density at radius 1 is 1.00 bits per heavy atom. The lowest BCUT2D eigenvalue weighted by Gasteiger charge is -2.29. The Morgan fingerprint density at radius 2 is 1.83 bits per heavy atom. The van der Waals surface area contributed by atoms with E-state index in [4.69, 9.17) is 15.5 Å². The van der Waals surface area contributed by atoms with Crippen LogP contribution in [0, 0.1) is 0 Å². The molecule has 2 aromatic carbocycles. The summed E-state index contributed by atoms with van der Waals surface area (Å²) in [5, 5.41) is 24.5. The van der Waals surface area contributed by atoms with E-state index in [0.29, 0.717) is 31.1 Å². The smallest absolute Gasteiger partial charge is 0.240 e. The molecule has 0 aliphatic carbocycles. The Balaban J connectivity index is 1.63. The number of nitrogen functional groups attached to an aromatic ring is 1. The highest BCUT2D eigenvalue weighted by Gasteiger charge is 2.16. The topological polar surface area (TPSA) is 122 Å². The predicted molar refractivity (Wildman–Crippen MR) is 108 cm³/mol. The standard InChI is InChI=1S/C20H20N6O3/c21-20-23-19-14-3-2-13(25-5-7-29-8-6-25)11-15(14)22-18(26(19)24-20)10-12-1-4-16(27)17(28)9-12/h1-4,9,11,27-28H,5-8,10H2,(H2,21,24). The van der Waals surface area contributed by atoms with Crippen LogP contribution in [-0.4, -0.2) is 56.1 Å². The highest BCUT2D eigenvalue weighted by Crippen LogP contribution is 2.28. The second kappa shape index (κ2) is 6.78. The van der Waals surface area contributed by atoms with Crippen LogP contribution >= 0.6 is 0 Å². The predicted octanol–water partition coefficient (Wildman–Crippen LogP) is 1.70. The van der Waals surface area contributed by atoms with Crippen molar-refractivity contribution in [2.45, 2.75) is 6.42 Å². The fourth-order valence-corrected chi connectivity index (χ4v) is 3.66. The zero-order valence-corrected chi connectivity index (χ0v) is 15.6. The van der Waals surface area contributed by atoms with Crippen LogP contribution in [-0.2, 0) is 11.2 Å². The summed E-state index contributed by atoms with van der Waals surface area (Å²) < 4.78 is 7.08. The van der Waals surface area contributed by atoms with Crippen LogP contribution in [0.1, 0.15) is 11.4 Å². The van der Waals surface area contributed by atoms with Crippen molar-refractivity contribution in [2.75, 3.05) is 36.9 Å². The van der Waals surface area contributed by atoms with E-state index in [1.807, 2.05) is 12.1 Å². The molecule has 0 saturated carbocycles. The molecule has 2 aromatic heterocycles. The number of benzene rings is 2. The summed E-state index contributed by atoms with van der Waals surface area (Å²) in [6, 6.07) is 10.8. The van der Waals surface area contributed by atoms with Crippen molar-refractivity contribution in [3.8, 4) is 11.5 Å². The normalized spacial score (nSPS) is 14.7. The SMILES string of the molecule is Nc1nc2c3ccc(N4CCOCC4)cc3nc(Cc3ccc(O)c(O)c3)n2n1. The fourth-order valence-electron chi connectivity index (χ4n) is 3.66. The van der Waals surface area contributed by atoms with Gasteiger partial charge < -0.3 is 25.6 Å². The van der Waals surface area contributed by atoms with E-state index >= 15 is 0 Å². The molecule has 0 atom stereocenters. The summed E-state index contributed by atoms with van der Waals surface area (Å²) >= 11 is 0. The lowest BCUT2D eigenvalue weighted by molar-refractivity contribution is 0.122. The average molecular weight is 392 g/mol. The molecule has 9 heteroatoms. The molecule has 4 N–H and O–H groups in total. The molecule has 1 saturated heterocycles. The number of phenols is 2. The molecule has 0 amide bonds. The van der Waals surface area contributed by atoms with Gasteiger partial charge in [0.25, 0.3) is 0 Å². The molecule has 29 heavy (non-hydrogen) atoms. The van der Waals surface area contributed by atoms with Gasteiger partial charge in [-0.25, -0.2) is 4.98 Å². The molecule has 3 heterocycles. The summed E-state index contributed by atoms with van der Waals surface area (Å²) in [6.45, 7) is 3.10. The van der Waals surface area contributed by atoms with Crippen molar-refractivity contribution in [3.05, 3.63) is 47.8 Å². The summed E-state index contributed by atoms with van der Waals surface area (Å²) in [4.78, 5) is 11.5. The van der Waals surface area contributed by atoms with Gasteiger partial charge in [-0.2, -0.15) is 9.50 Å². The maximum absolute atomic E-state index is 9.81. The van der Waals surface area contributed by atoms with Crippen LogP contribution in [0.25, 0.3) is 16.6 Å². The number of hydrogen-bond acceptors (Lipinski definition) is 8. The molecule has 1 aliphatic rings. The van der Waals surface area contributed by atoms with E-state index in [2.05, 4.69) is 21.0 Å². The van der Waals surface area contributed by atoms with Gasteiger partial charge in [-0.3, -0.25) is 0 Å². The second-order valence-electron chi connectivity index (χ2n) is 7.03. The van der Waals surface area contributed by atoms with Crippen LogP contribution in [0.4, 0.5) is 11.6 Å². The van der Waals surface area contributed by atoms with Gasteiger partial charge in [-0.05, 0) is 35.9 Å². The van der Waals surface area contributed by atoms with Crippen molar-refractivity contribution in [1.82, 2.24) is 19.6 Å². The average Bonchev–Trinajstić information content (AvgIpc) is 3.13. The number of morpholine rings is 1. The molecule has 1 fully saturated rings. The number of nitrogens with zero attached hydrogens (tertiary/aromatic N) is 5. The number of ether oxygens (including phenoxy) is 1. The highest BCUT2D eigenvalue weighted by molar-refractivity contribution is 5.93. The van der Waals surface area contributed by atoms with E-state index in [1.165, 1.54) is 12.1 Å². The minimum absolute atomic E-state index is 0.162. The molecular weight excluding hydrogens is 372 g/mol. The summed E-state index contributed by atoms with van der Waals surface area (Å²) in [7, 11) is 0. The molecule has 148 valence electrons. The van der Waals surface area contributed by atoms with Gasteiger partial charge in [-0.15, -0.1) is 5.10 Å². The molecule has 0 radical (unpaired) electrons. The first-order valence-electron chi connectivity index (χ1n) is 9.37. The van der Waals surface area contributed by atoms with Crippen LogP contribution in [0.3, 0.4) is 0 Å². The van der Waals surface area contributed by atoms with E-state index < -0.39 is 0 Å². The van der Waals surface area contributed by atoms with Gasteiger partial charge in [0, 0.05) is 30.6 Å². The van der Waals surface area contributed by atoms with Crippen molar-refractivity contribution in [1.29, 1.82) is 0 Å². The maximum Gasteiger partial charge on any atom is 0.240 e. The molecule has 1 aliphatic heterocycles. The minimum Gasteiger partial charge on any atom is -0.504 e. The largest absolute Gasteiger partial charge is 0.504 e. The zero-order chi connectivity index (χ0) is 20.0. The van der Waals surface area contributed by atoms with Crippen molar-refractivity contribution < 1.29 is 14.9 Å². The molecule has 0 bridgehead atoms. The molecule has 0 spiro atoms. The van der Waals surface area contributed by atoms with Gasteiger partial charge >= 0.3 is 0 Å². The third-order valence-electron chi connectivity index (χ3n) is 5.12. The van der Waals surface area contributed by atoms with Crippen molar-refractivity contribution in [2.24, 2.45) is 0 Å². The fraction of sp³-hybridized carbons (Fsp3) is 0.250. The van der Waals surface area contributed by atoms with Gasteiger partial charge in [0.05, 0.1) is 18.7 Å². The third-order valence-corrected chi connectivity index (χ3v) is 5.12. The maximum atomic E-state index is 9.81. The van der Waals surface area contributed by atoms with E-state index in [9.17, 15) is 10.2 Å². The lowest BCUT2D eigenvalue weighted by Crippen LogP contribution is -2.36. The summed E-state index contributed by atoms with van der Waals surface area (Å²) in [6.07, 6.45) is 0.394. The summed E-state index contributed by atoms with van der Waals surface area (Å²) in [5.74, 6) is 0.477. The number of hydrogen-bond donors (Lipinski definition) is 3. The number of phenolic OH excluding ortho intramolecular Hbond substituents is 2. The quantitative estimate of drug-likeness (QED) is 0.450. The van der Waals surface area contributed by atoms with E-state index in [-0.39, 0.29) is 17.4 Å². The molecular formula is C20H20N6O3. The van der Waals surface area contributed by atoms with Gasteiger partial charge in [-0.1, -0.05) is 6.07 Å². The molecule has 9 nitrogen and oxygen atoms in total. The van der Waals surface area contributed by atoms with Crippen LogP contribution in [0.2, 0.25) is 0 Å². The molecule has 0 unspecified atom stereocenters. The number of aromatic hydroxyl groups is 2. The number of aromatic nitrogens is 4. The highest BCUT2D eigenvalue weighted by atomic mass is 16.5. The van der Waals surface area contributed by atoms with Crippen LogP contribution in [0.15, 0.2) is 36.4 Å². The van der Waals surface area contributed by atoms with Gasteiger partial charge in [0.2, 0.25) is 5.95 Å². The number of fused-ring (bicyclic) bond motifs is 3. The zero-order valence-electron chi connectivity index (χ0n) is 15.6. The Hall–Kier alpha value is -3.59. The first-order valence-corrected chi connectivity index (χ1v) is 9.37. The van der Waals surface area contributed by atoms with Crippen molar-refractivity contribution >= 4 is 28.2 Å². The minimum atomic E-state index is -0.174. The van der Waals surface area contributed by atoms with Crippen LogP contribution < -0.4 is 10.6 Å². The third kappa shape index (κ3) is 3.15. The Bertz CT molecular complexity index is 1220. The monoisotopic (exact) mass is 392 g/mol. The Labute approximate surface area is 166 Å². The van der Waals surface area contributed by atoms with Gasteiger partial charge in [0.1, 0.15) is 5.82 Å². The summed E-state index contributed by atoms with van der Waals surface area (Å²) in [5.41, 5.74) is 9.17. The number of nitrogens with two attached hydrogens (primary N) is 1. The Kier molecular flexibility index (Phi) is 4.09. The Morgan fingerprint density at radius 3 is 2.62 bits per heavy atom. The van der Waals surface area contributed by atoms with E-state index in [0.717, 1.165) is 35.2 Å². The number of anilines is 2. The molecule has 5 rings (SSSR count). The van der Waals surface area contributed by atoms with Crippen LogP contribution in [0.5, 0.6) is 11.5 Å². The first-order chi connectivity index (χ1) is 14.1. The first kappa shape index (κ1) is 17.5. The number of rotatable bonds is 3.